The molecule has 2 heterocycles. The number of nitrogen functional groups attached to an aromatic ring is 1. The number of aromatic nitrogens is 4. The molecule has 0 unspecified atom stereocenters. The van der Waals surface area contributed by atoms with Crippen molar-refractivity contribution in [2.45, 2.75) is 0 Å². The summed E-state index contributed by atoms with van der Waals surface area (Å²) in [6, 6.07) is 9.46. The largest absolute Gasteiger partial charge is 0.463 e. The smallest absolute Gasteiger partial charge is 0.434 e. The molecule has 0 atom stereocenters. The SMILES string of the molecule is COC(=O)n1ncc2c([N+](=O)[O-])cccc21.Nc1cccc2c1cnn2C(=O)O. The van der Waals surface area contributed by atoms with E-state index in [-0.39, 0.29) is 5.69 Å². The number of carbonyl (C=O) groups excluding carboxylic acids is 1. The quantitative estimate of drug-likeness (QED) is 0.278. The third kappa shape index (κ3) is 3.53. The molecule has 0 aliphatic carbocycles. The summed E-state index contributed by atoms with van der Waals surface area (Å²) in [5.41, 5.74) is 6.92. The van der Waals surface area contributed by atoms with Gasteiger partial charge in [-0.1, -0.05) is 12.1 Å². The number of non-ortho nitro benzene ring substituents is 1. The second kappa shape index (κ2) is 7.64. The molecular formula is C17H14N6O6. The number of ether oxygens (including phenoxy) is 1. The highest BCUT2D eigenvalue weighted by Crippen LogP contribution is 2.24. The van der Waals surface area contributed by atoms with E-state index in [4.69, 9.17) is 10.8 Å². The maximum absolute atomic E-state index is 11.3. The first kappa shape index (κ1) is 19.3. The number of benzene rings is 2. The molecule has 2 aromatic carbocycles. The molecule has 12 nitrogen and oxygen atoms in total. The van der Waals surface area contributed by atoms with Gasteiger partial charge in [0, 0.05) is 17.1 Å². The Bertz CT molecular complexity index is 1240. The van der Waals surface area contributed by atoms with Crippen LogP contribution in [0.15, 0.2) is 48.8 Å². The first-order valence-corrected chi connectivity index (χ1v) is 8.00. The van der Waals surface area contributed by atoms with Crippen LogP contribution < -0.4 is 5.73 Å². The molecule has 0 spiro atoms. The molecule has 12 heteroatoms. The summed E-state index contributed by atoms with van der Waals surface area (Å²) in [5, 5.41) is 27.8. The van der Waals surface area contributed by atoms with Crippen LogP contribution in [-0.2, 0) is 4.74 Å². The van der Waals surface area contributed by atoms with E-state index in [2.05, 4.69) is 14.9 Å². The molecule has 0 radical (unpaired) electrons. The second-order valence-corrected chi connectivity index (χ2v) is 5.61. The molecule has 0 saturated carbocycles. The Kier molecular flexibility index (Phi) is 5.08. The van der Waals surface area contributed by atoms with Crippen molar-refractivity contribution >= 4 is 45.4 Å². The molecule has 148 valence electrons. The van der Waals surface area contributed by atoms with Crippen molar-refractivity contribution in [3.63, 3.8) is 0 Å². The monoisotopic (exact) mass is 398 g/mol. The van der Waals surface area contributed by atoms with Gasteiger partial charge in [0.2, 0.25) is 0 Å². The van der Waals surface area contributed by atoms with Crippen molar-refractivity contribution in [1.29, 1.82) is 0 Å². The number of rotatable bonds is 1. The number of nitrogens with zero attached hydrogens (tertiary/aromatic N) is 5. The van der Waals surface area contributed by atoms with E-state index in [9.17, 15) is 19.7 Å². The minimum absolute atomic E-state index is 0.0901. The Balaban J connectivity index is 0.000000169. The highest BCUT2D eigenvalue weighted by atomic mass is 16.6. The maximum Gasteiger partial charge on any atom is 0.434 e. The van der Waals surface area contributed by atoms with Gasteiger partial charge in [0.15, 0.2) is 0 Å². The first-order chi connectivity index (χ1) is 13.8. The molecule has 29 heavy (non-hydrogen) atoms. The summed E-state index contributed by atoms with van der Waals surface area (Å²) < 4.78 is 6.36. The number of anilines is 1. The van der Waals surface area contributed by atoms with Crippen molar-refractivity contribution in [3.8, 4) is 0 Å². The van der Waals surface area contributed by atoms with Crippen LogP contribution in [0.2, 0.25) is 0 Å². The van der Waals surface area contributed by atoms with E-state index in [1.54, 1.807) is 24.3 Å². The topological polar surface area (TPSA) is 168 Å². The number of hydrogen-bond acceptors (Lipinski definition) is 8. The molecule has 0 amide bonds. The van der Waals surface area contributed by atoms with Gasteiger partial charge in [-0.05, 0) is 18.2 Å². The average molecular weight is 398 g/mol. The molecule has 3 N–H and O–H groups in total. The number of nitrogens with two attached hydrogens (primary N) is 1. The van der Waals surface area contributed by atoms with Gasteiger partial charge < -0.3 is 15.6 Å². The fourth-order valence-corrected chi connectivity index (χ4v) is 2.65. The van der Waals surface area contributed by atoms with Crippen LogP contribution in [0, 0.1) is 10.1 Å². The summed E-state index contributed by atoms with van der Waals surface area (Å²) in [7, 11) is 1.22. The number of fused-ring (bicyclic) bond motifs is 2. The van der Waals surface area contributed by atoms with Gasteiger partial charge in [0.25, 0.3) is 5.69 Å². The average Bonchev–Trinajstić information content (AvgIpc) is 3.32. The van der Waals surface area contributed by atoms with Gasteiger partial charge >= 0.3 is 12.2 Å². The molecule has 4 rings (SSSR count). The lowest BCUT2D eigenvalue weighted by Gasteiger charge is -1.99. The molecule has 0 bridgehead atoms. The lowest BCUT2D eigenvalue weighted by molar-refractivity contribution is -0.383. The predicted octanol–water partition coefficient (Wildman–Crippen LogP) is 2.70. The van der Waals surface area contributed by atoms with Crippen molar-refractivity contribution in [2.24, 2.45) is 0 Å². The highest BCUT2D eigenvalue weighted by Gasteiger charge is 2.17. The summed E-state index contributed by atoms with van der Waals surface area (Å²) in [5.74, 6) is 0. The summed E-state index contributed by atoms with van der Waals surface area (Å²) in [4.78, 5) is 32.1. The van der Waals surface area contributed by atoms with Gasteiger partial charge in [0.05, 0.1) is 40.8 Å². The van der Waals surface area contributed by atoms with Crippen LogP contribution in [0.5, 0.6) is 0 Å². The summed E-state index contributed by atoms with van der Waals surface area (Å²) in [6.45, 7) is 0. The van der Waals surface area contributed by atoms with E-state index >= 15 is 0 Å². The highest BCUT2D eigenvalue weighted by molar-refractivity contribution is 5.94. The standard InChI is InChI=1S/C9H7N3O4.C8H7N3O2/c1-16-9(13)11-7-3-2-4-8(12(14)15)6(7)5-10-11;9-6-2-1-3-7-5(6)4-10-11(7)8(12)13/h2-5H,1H3;1-4H,9H2,(H,12,13). The Morgan fingerprint density at radius 3 is 2.28 bits per heavy atom. The normalized spacial score (nSPS) is 10.4. The molecule has 0 aliphatic rings. The van der Waals surface area contributed by atoms with Crippen LogP contribution in [0.4, 0.5) is 21.0 Å². The molecule has 0 fully saturated rings. The van der Waals surface area contributed by atoms with Crippen molar-refractivity contribution in [3.05, 3.63) is 58.9 Å². The zero-order chi connectivity index (χ0) is 21.1. The van der Waals surface area contributed by atoms with E-state index in [1.165, 1.54) is 31.6 Å². The Morgan fingerprint density at radius 2 is 1.66 bits per heavy atom. The maximum atomic E-state index is 11.3. The van der Waals surface area contributed by atoms with Crippen molar-refractivity contribution in [1.82, 2.24) is 19.6 Å². The van der Waals surface area contributed by atoms with Crippen molar-refractivity contribution < 1.29 is 24.4 Å². The van der Waals surface area contributed by atoms with Gasteiger partial charge in [-0.3, -0.25) is 10.1 Å². The number of hydrogen-bond donors (Lipinski definition) is 2. The minimum Gasteiger partial charge on any atom is -0.463 e. The Hall–Kier alpha value is -4.48. The Morgan fingerprint density at radius 1 is 1.07 bits per heavy atom. The van der Waals surface area contributed by atoms with Crippen molar-refractivity contribution in [2.75, 3.05) is 12.8 Å². The first-order valence-electron chi connectivity index (χ1n) is 8.00. The second-order valence-electron chi connectivity index (χ2n) is 5.61. The fraction of sp³-hybridized carbons (Fsp3) is 0.0588. The summed E-state index contributed by atoms with van der Waals surface area (Å²) >= 11 is 0. The van der Waals surface area contributed by atoms with Crippen LogP contribution in [0.3, 0.4) is 0 Å². The third-order valence-electron chi connectivity index (χ3n) is 3.96. The molecule has 0 aliphatic heterocycles. The van der Waals surface area contributed by atoms with Crippen LogP contribution in [0.1, 0.15) is 0 Å². The Labute approximate surface area is 161 Å². The van der Waals surface area contributed by atoms with Crippen LogP contribution in [-0.4, -0.2) is 48.9 Å². The predicted molar refractivity (Wildman–Crippen MR) is 102 cm³/mol. The number of nitro benzene ring substituents is 1. The number of carboxylic acid groups (broad SMARTS) is 1. The third-order valence-corrected chi connectivity index (χ3v) is 3.96. The lowest BCUT2D eigenvalue weighted by Crippen LogP contribution is -2.12. The van der Waals surface area contributed by atoms with Crippen LogP contribution >= 0.6 is 0 Å². The number of methoxy groups -OCH3 is 1. The van der Waals surface area contributed by atoms with Gasteiger partial charge in [0.1, 0.15) is 0 Å². The molecule has 0 saturated heterocycles. The number of nitro groups is 1. The number of carbonyl (C=O) groups is 2. The van der Waals surface area contributed by atoms with E-state index in [0.29, 0.717) is 27.5 Å². The minimum atomic E-state index is -1.11. The zero-order valence-corrected chi connectivity index (χ0v) is 14.9. The zero-order valence-electron chi connectivity index (χ0n) is 14.9. The van der Waals surface area contributed by atoms with E-state index in [1.807, 2.05) is 0 Å². The lowest BCUT2D eigenvalue weighted by atomic mass is 10.2. The van der Waals surface area contributed by atoms with E-state index in [0.717, 1.165) is 9.36 Å². The molecule has 2 aromatic heterocycles. The van der Waals surface area contributed by atoms with Crippen LogP contribution in [0.25, 0.3) is 21.8 Å². The summed E-state index contributed by atoms with van der Waals surface area (Å²) in [6.07, 6.45) is 0.916. The van der Waals surface area contributed by atoms with Gasteiger partial charge in [-0.2, -0.15) is 19.6 Å². The fourth-order valence-electron chi connectivity index (χ4n) is 2.65. The van der Waals surface area contributed by atoms with E-state index < -0.39 is 17.1 Å². The van der Waals surface area contributed by atoms with Gasteiger partial charge in [-0.15, -0.1) is 0 Å². The van der Waals surface area contributed by atoms with Gasteiger partial charge in [-0.25, -0.2) is 9.59 Å². The molecule has 4 aromatic rings. The molecular weight excluding hydrogens is 384 g/mol.